The van der Waals surface area contributed by atoms with Gasteiger partial charge in [0.2, 0.25) is 5.91 Å². The molecule has 200 valence electrons. The summed E-state index contributed by atoms with van der Waals surface area (Å²) in [6.07, 6.45) is 6.22. The van der Waals surface area contributed by atoms with Gasteiger partial charge in [-0.3, -0.25) is 14.0 Å². The highest BCUT2D eigenvalue weighted by Crippen LogP contribution is 2.29. The lowest BCUT2D eigenvalue weighted by Crippen LogP contribution is -2.49. The maximum Gasteiger partial charge on any atom is 0.337 e. The number of piperidine rings is 2. The zero-order chi connectivity index (χ0) is 27.0. The number of carbonyl (C=O) groups is 2. The topological polar surface area (TPSA) is 107 Å². The van der Waals surface area contributed by atoms with E-state index in [-0.39, 0.29) is 29.1 Å². The van der Waals surface area contributed by atoms with E-state index >= 15 is 0 Å². The molecule has 38 heavy (non-hydrogen) atoms. The zero-order valence-electron chi connectivity index (χ0n) is 22.2. The van der Waals surface area contributed by atoms with Crippen LogP contribution >= 0.6 is 0 Å². The fourth-order valence-electron chi connectivity index (χ4n) is 5.82. The van der Waals surface area contributed by atoms with Gasteiger partial charge in [0.1, 0.15) is 11.5 Å². The molecule has 2 saturated heterocycles. The van der Waals surface area contributed by atoms with Gasteiger partial charge in [0.25, 0.3) is 5.56 Å². The quantitative estimate of drug-likeness (QED) is 0.505. The maximum atomic E-state index is 13.5. The summed E-state index contributed by atoms with van der Waals surface area (Å²) in [4.78, 5) is 46.9. The van der Waals surface area contributed by atoms with Gasteiger partial charge in [0, 0.05) is 49.5 Å². The number of benzene rings is 1. The minimum atomic E-state index is -1.00. The molecule has 2 aliphatic rings. The number of anilines is 2. The van der Waals surface area contributed by atoms with Crippen LogP contribution in [-0.4, -0.2) is 56.9 Å². The Bertz CT molecular complexity index is 1440. The van der Waals surface area contributed by atoms with E-state index in [4.69, 9.17) is 4.98 Å². The number of para-hydroxylation sites is 1. The molecule has 0 saturated carbocycles. The van der Waals surface area contributed by atoms with Gasteiger partial charge in [0.15, 0.2) is 0 Å². The average Bonchev–Trinajstić information content (AvgIpc) is 2.91. The molecule has 2 fully saturated rings. The fourth-order valence-corrected chi connectivity index (χ4v) is 5.82. The van der Waals surface area contributed by atoms with Crippen LogP contribution in [0.4, 0.5) is 11.5 Å². The largest absolute Gasteiger partial charge is 0.478 e. The SMILES string of the molecule is Cc1cc([C@@H](C)Nc2ccccc2C(=O)O)c2nc(N3CCC(N4CCCCC4=O)CC3)c(C)c(=O)n2c1. The number of carboxylic acids is 1. The number of amides is 1. The molecule has 0 spiro atoms. The molecular formula is C29H35N5O4. The number of aromatic carboxylic acids is 1. The van der Waals surface area contributed by atoms with Gasteiger partial charge < -0.3 is 20.2 Å². The van der Waals surface area contributed by atoms with Gasteiger partial charge >= 0.3 is 5.97 Å². The van der Waals surface area contributed by atoms with E-state index < -0.39 is 5.97 Å². The number of pyridine rings is 1. The zero-order valence-corrected chi connectivity index (χ0v) is 22.2. The summed E-state index contributed by atoms with van der Waals surface area (Å²) in [6, 6.07) is 8.74. The number of aromatic nitrogens is 2. The highest BCUT2D eigenvalue weighted by Gasteiger charge is 2.31. The van der Waals surface area contributed by atoms with Crippen molar-refractivity contribution in [3.05, 3.63) is 69.1 Å². The van der Waals surface area contributed by atoms with E-state index in [1.54, 1.807) is 34.9 Å². The van der Waals surface area contributed by atoms with Gasteiger partial charge in [-0.2, -0.15) is 0 Å². The number of hydrogen-bond acceptors (Lipinski definition) is 6. The molecule has 0 aliphatic carbocycles. The number of nitrogens with one attached hydrogen (secondary N) is 1. The molecule has 0 radical (unpaired) electrons. The second-order valence-electron chi connectivity index (χ2n) is 10.5. The average molecular weight is 518 g/mol. The molecule has 2 aromatic heterocycles. The van der Waals surface area contributed by atoms with Crippen LogP contribution in [0.3, 0.4) is 0 Å². The van der Waals surface area contributed by atoms with Crippen molar-refractivity contribution in [1.82, 2.24) is 14.3 Å². The molecule has 9 nitrogen and oxygen atoms in total. The number of rotatable bonds is 6. The summed E-state index contributed by atoms with van der Waals surface area (Å²) in [7, 11) is 0. The molecule has 2 N–H and O–H groups in total. The van der Waals surface area contributed by atoms with Crippen molar-refractivity contribution in [3.63, 3.8) is 0 Å². The first-order valence-electron chi connectivity index (χ1n) is 13.4. The normalized spacial score (nSPS) is 17.6. The Morgan fingerprint density at radius 1 is 1.11 bits per heavy atom. The molecule has 3 aromatic rings. The number of carboxylic acid groups (broad SMARTS) is 1. The Morgan fingerprint density at radius 3 is 2.55 bits per heavy atom. The van der Waals surface area contributed by atoms with E-state index in [1.807, 2.05) is 26.8 Å². The second kappa shape index (κ2) is 10.5. The van der Waals surface area contributed by atoms with Crippen molar-refractivity contribution in [2.45, 2.75) is 65.0 Å². The Hall–Kier alpha value is -3.88. The van der Waals surface area contributed by atoms with Gasteiger partial charge in [-0.1, -0.05) is 12.1 Å². The van der Waals surface area contributed by atoms with Crippen molar-refractivity contribution < 1.29 is 14.7 Å². The molecule has 0 unspecified atom stereocenters. The van der Waals surface area contributed by atoms with Crippen molar-refractivity contribution >= 4 is 29.0 Å². The fraction of sp³-hybridized carbons (Fsp3) is 0.448. The third-order valence-electron chi connectivity index (χ3n) is 7.85. The van der Waals surface area contributed by atoms with Crippen LogP contribution in [0.2, 0.25) is 0 Å². The number of fused-ring (bicyclic) bond motifs is 1. The minimum Gasteiger partial charge on any atom is -0.478 e. The van der Waals surface area contributed by atoms with E-state index in [9.17, 15) is 19.5 Å². The van der Waals surface area contributed by atoms with Crippen LogP contribution in [0.15, 0.2) is 41.3 Å². The van der Waals surface area contributed by atoms with Crippen LogP contribution in [0.1, 0.15) is 72.1 Å². The number of likely N-dealkylation sites (tertiary alicyclic amines) is 1. The predicted octanol–water partition coefficient (Wildman–Crippen LogP) is 4.16. The molecule has 9 heteroatoms. The van der Waals surface area contributed by atoms with Crippen molar-refractivity contribution in [2.75, 3.05) is 29.9 Å². The molecule has 4 heterocycles. The Labute approximate surface area is 222 Å². The van der Waals surface area contributed by atoms with E-state index in [0.29, 0.717) is 29.1 Å². The minimum absolute atomic E-state index is 0.110. The summed E-state index contributed by atoms with van der Waals surface area (Å²) in [5.41, 5.74) is 3.48. The first-order valence-corrected chi connectivity index (χ1v) is 13.4. The summed E-state index contributed by atoms with van der Waals surface area (Å²) in [5, 5.41) is 12.9. The summed E-state index contributed by atoms with van der Waals surface area (Å²) >= 11 is 0. The number of aryl methyl sites for hydroxylation is 1. The van der Waals surface area contributed by atoms with Crippen molar-refractivity contribution in [1.29, 1.82) is 0 Å². The molecule has 1 atom stereocenters. The highest BCUT2D eigenvalue weighted by atomic mass is 16.4. The van der Waals surface area contributed by atoms with Crippen LogP contribution in [0, 0.1) is 13.8 Å². The molecule has 1 aromatic carbocycles. The monoisotopic (exact) mass is 517 g/mol. The first kappa shape index (κ1) is 25.8. The van der Waals surface area contributed by atoms with Gasteiger partial charge in [-0.15, -0.1) is 0 Å². The van der Waals surface area contributed by atoms with Gasteiger partial charge in [0.05, 0.1) is 17.2 Å². The summed E-state index contributed by atoms with van der Waals surface area (Å²) in [6.45, 7) is 8.02. The molecule has 1 amide bonds. The van der Waals surface area contributed by atoms with E-state index in [2.05, 4.69) is 15.1 Å². The maximum absolute atomic E-state index is 13.5. The number of carbonyl (C=O) groups excluding carboxylic acids is 1. The van der Waals surface area contributed by atoms with Crippen LogP contribution in [-0.2, 0) is 4.79 Å². The number of nitrogens with zero attached hydrogens (tertiary/aromatic N) is 4. The lowest BCUT2D eigenvalue weighted by molar-refractivity contribution is -0.136. The first-order chi connectivity index (χ1) is 18.2. The highest BCUT2D eigenvalue weighted by molar-refractivity contribution is 5.94. The molecule has 5 rings (SSSR count). The van der Waals surface area contributed by atoms with Gasteiger partial charge in [-0.25, -0.2) is 9.78 Å². The third kappa shape index (κ3) is 4.85. The summed E-state index contributed by atoms with van der Waals surface area (Å²) in [5.74, 6) is -0.0584. The third-order valence-corrected chi connectivity index (χ3v) is 7.85. The van der Waals surface area contributed by atoms with Gasteiger partial charge in [-0.05, 0) is 70.2 Å². The lowest BCUT2D eigenvalue weighted by Gasteiger charge is -2.40. The number of hydrogen-bond donors (Lipinski definition) is 2. The smallest absolute Gasteiger partial charge is 0.337 e. The summed E-state index contributed by atoms with van der Waals surface area (Å²) < 4.78 is 1.60. The van der Waals surface area contributed by atoms with E-state index in [0.717, 1.165) is 56.4 Å². The molecule has 2 aliphatic heterocycles. The van der Waals surface area contributed by atoms with Crippen LogP contribution < -0.4 is 15.8 Å². The van der Waals surface area contributed by atoms with E-state index in [1.165, 1.54) is 0 Å². The molecular weight excluding hydrogens is 482 g/mol. The lowest BCUT2D eigenvalue weighted by atomic mass is 9.99. The van der Waals surface area contributed by atoms with Crippen LogP contribution in [0.25, 0.3) is 5.65 Å². The Morgan fingerprint density at radius 2 is 1.84 bits per heavy atom. The van der Waals surface area contributed by atoms with Crippen LogP contribution in [0.5, 0.6) is 0 Å². The predicted molar refractivity (Wildman–Crippen MR) is 147 cm³/mol. The van der Waals surface area contributed by atoms with Crippen molar-refractivity contribution in [2.24, 2.45) is 0 Å². The Balaban J connectivity index is 1.47. The standard InChI is InChI=1S/C29H35N5O4/c1-18-16-23(20(3)30-24-9-5-4-8-22(24)29(37)38)27-31-26(19(2)28(36)34(27)17-18)32-14-11-21(12-15-32)33-13-7-6-10-25(33)35/h4-5,8-9,16-17,20-21,30H,6-7,10-15H2,1-3H3,(H,37,38)/t20-/m1/s1. The van der Waals surface area contributed by atoms with Crippen molar-refractivity contribution in [3.8, 4) is 0 Å². The molecule has 0 bridgehead atoms. The second-order valence-corrected chi connectivity index (χ2v) is 10.5. The Kier molecular flexibility index (Phi) is 7.10.